The van der Waals surface area contributed by atoms with E-state index in [1.165, 1.54) is 23.6 Å². The van der Waals surface area contributed by atoms with E-state index in [9.17, 15) is 14.4 Å². The van der Waals surface area contributed by atoms with Gasteiger partial charge in [0.15, 0.2) is 6.10 Å². The molecule has 1 fully saturated rings. The molecule has 2 aliphatic heterocycles. The molecule has 9 nitrogen and oxygen atoms in total. The minimum Gasteiger partial charge on any atom is -0.461 e. The van der Waals surface area contributed by atoms with Crippen LogP contribution in [0.3, 0.4) is 0 Å². The number of nitrogens with one attached hydrogen (secondary N) is 2. The zero-order valence-corrected chi connectivity index (χ0v) is 24.3. The van der Waals surface area contributed by atoms with Crippen LogP contribution in [-0.2, 0) is 30.3 Å². The highest BCUT2D eigenvalue weighted by Gasteiger charge is 2.54. The summed E-state index contributed by atoms with van der Waals surface area (Å²) in [6.07, 6.45) is 1.74. The van der Waals surface area contributed by atoms with Gasteiger partial charge in [-0.2, -0.15) is 0 Å². The third-order valence-corrected chi connectivity index (χ3v) is 8.62. The Morgan fingerprint density at radius 3 is 2.26 bits per heavy atom. The highest BCUT2D eigenvalue weighted by molar-refractivity contribution is 8.00. The highest BCUT2D eigenvalue weighted by atomic mass is 32.2. The van der Waals surface area contributed by atoms with Crippen LogP contribution in [0, 0.1) is 0 Å². The lowest BCUT2D eigenvalue weighted by atomic mass is 10.0. The normalized spacial score (nSPS) is 17.7. The summed E-state index contributed by atoms with van der Waals surface area (Å²) in [5.41, 5.74) is 4.29. The number of aromatic nitrogens is 2. The molecule has 2 atom stereocenters. The maximum atomic E-state index is 13.9. The average molecular weight is 595 g/mol. The fourth-order valence-electron chi connectivity index (χ4n) is 5.20. The third kappa shape index (κ3) is 6.19. The van der Waals surface area contributed by atoms with E-state index in [0.29, 0.717) is 23.7 Å². The minimum absolute atomic E-state index is 0.107. The fraction of sp³-hybridized carbons (Fsp3) is 0.212. The van der Waals surface area contributed by atoms with Crippen molar-refractivity contribution in [2.75, 3.05) is 17.7 Å². The number of ether oxygens (including phenoxy) is 2. The number of benzene rings is 3. The summed E-state index contributed by atoms with van der Waals surface area (Å²) >= 11 is 1.49. The van der Waals surface area contributed by atoms with Crippen LogP contribution in [0.4, 0.5) is 5.95 Å². The van der Waals surface area contributed by atoms with Crippen LogP contribution in [0.25, 0.3) is 0 Å². The van der Waals surface area contributed by atoms with Gasteiger partial charge in [-0.3, -0.25) is 14.5 Å². The predicted octanol–water partition coefficient (Wildman–Crippen LogP) is 4.85. The second-order valence-electron chi connectivity index (χ2n) is 10.3. The summed E-state index contributed by atoms with van der Waals surface area (Å²) in [5.74, 6) is -0.543. The molecule has 3 heterocycles. The Morgan fingerprint density at radius 1 is 1.00 bits per heavy atom. The van der Waals surface area contributed by atoms with E-state index < -0.39 is 24.1 Å². The summed E-state index contributed by atoms with van der Waals surface area (Å²) in [6, 6.07) is 28.3. The van der Waals surface area contributed by atoms with Crippen LogP contribution < -0.4 is 5.32 Å². The maximum Gasteiger partial charge on any atom is 0.356 e. The monoisotopic (exact) mass is 594 g/mol. The molecule has 2 N–H and O–H groups in total. The Morgan fingerprint density at radius 2 is 1.63 bits per heavy atom. The fourth-order valence-corrected chi connectivity index (χ4v) is 6.53. The van der Waals surface area contributed by atoms with E-state index in [2.05, 4.69) is 15.3 Å². The second-order valence-corrected chi connectivity index (χ2v) is 11.4. The quantitative estimate of drug-likeness (QED) is 0.198. The van der Waals surface area contributed by atoms with Crippen LogP contribution in [0.5, 0.6) is 0 Å². The van der Waals surface area contributed by atoms with E-state index in [-0.39, 0.29) is 23.6 Å². The standard InChI is InChI=1S/C33H30N4O5S/c1-21(38)41-19-25-20-43-31-27(36-33-34-18-26(35-33)17-22-11-5-2-6-12-22)30(39)37(31)28(25)32(40)42-29(23-13-7-3-8-14-23)24-15-9-4-10-16-24/h2-16,18,27,29,31H,17,19-20H2,1H3,(H2,34,35,36)/t27?,31-/m0/s1. The van der Waals surface area contributed by atoms with Gasteiger partial charge in [-0.1, -0.05) is 91.0 Å². The number of fused-ring (bicyclic) bond motifs is 1. The average Bonchev–Trinajstić information content (AvgIpc) is 3.48. The lowest BCUT2D eigenvalue weighted by Gasteiger charge is -2.49. The first-order chi connectivity index (χ1) is 21.0. The lowest BCUT2D eigenvalue weighted by molar-refractivity contribution is -0.152. The van der Waals surface area contributed by atoms with Gasteiger partial charge in [0.1, 0.15) is 23.7 Å². The molecule has 6 rings (SSSR count). The molecular weight excluding hydrogens is 564 g/mol. The van der Waals surface area contributed by atoms with Crippen molar-refractivity contribution < 1.29 is 23.9 Å². The SMILES string of the molecule is CC(=O)OCC1=C(C(=O)OC(c2ccccc2)c2ccccc2)N2C(=O)C(Nc3ncc(Cc4ccccc4)[nH]3)[C@@H]2SC1. The molecule has 4 aromatic rings. The van der Waals surface area contributed by atoms with Crippen molar-refractivity contribution in [3.63, 3.8) is 0 Å². The third-order valence-electron chi connectivity index (χ3n) is 7.28. The number of thioether (sulfide) groups is 1. The van der Waals surface area contributed by atoms with Gasteiger partial charge >= 0.3 is 11.9 Å². The number of rotatable bonds is 10. The summed E-state index contributed by atoms with van der Waals surface area (Å²) in [5, 5.41) is 2.84. The number of carbonyl (C=O) groups excluding carboxylic acids is 3. The van der Waals surface area contributed by atoms with E-state index >= 15 is 0 Å². The first-order valence-corrected chi connectivity index (χ1v) is 15.0. The van der Waals surface area contributed by atoms with E-state index in [1.807, 2.05) is 91.0 Å². The Bertz CT molecular complexity index is 1600. The minimum atomic E-state index is -0.693. The zero-order chi connectivity index (χ0) is 29.8. The molecule has 0 radical (unpaired) electrons. The molecule has 43 heavy (non-hydrogen) atoms. The van der Waals surface area contributed by atoms with Gasteiger partial charge in [0.25, 0.3) is 5.91 Å². The first-order valence-electron chi connectivity index (χ1n) is 13.9. The van der Waals surface area contributed by atoms with Gasteiger partial charge < -0.3 is 19.8 Å². The van der Waals surface area contributed by atoms with Crippen molar-refractivity contribution in [1.82, 2.24) is 14.9 Å². The molecular formula is C33H30N4O5S. The van der Waals surface area contributed by atoms with Crippen LogP contribution in [0.2, 0.25) is 0 Å². The lowest BCUT2D eigenvalue weighted by Crippen LogP contribution is -2.68. The summed E-state index contributed by atoms with van der Waals surface area (Å²) in [7, 11) is 0. The highest BCUT2D eigenvalue weighted by Crippen LogP contribution is 2.42. The topological polar surface area (TPSA) is 114 Å². The number of hydrogen-bond donors (Lipinski definition) is 2. The van der Waals surface area contributed by atoms with Crippen LogP contribution in [-0.4, -0.2) is 56.5 Å². The summed E-state index contributed by atoms with van der Waals surface area (Å²) in [4.78, 5) is 48.3. The van der Waals surface area contributed by atoms with Crippen LogP contribution in [0.1, 0.15) is 35.4 Å². The molecule has 1 amide bonds. The molecule has 1 unspecified atom stereocenters. The Hall–Kier alpha value is -4.83. The number of aromatic amines is 1. The smallest absolute Gasteiger partial charge is 0.356 e. The molecule has 10 heteroatoms. The van der Waals surface area contributed by atoms with Crippen LogP contribution in [0.15, 0.2) is 108 Å². The van der Waals surface area contributed by atoms with Crippen LogP contribution >= 0.6 is 11.8 Å². The van der Waals surface area contributed by atoms with Gasteiger partial charge in [-0.15, -0.1) is 11.8 Å². The molecule has 1 aromatic heterocycles. The Balaban J connectivity index is 1.23. The number of hydrogen-bond acceptors (Lipinski definition) is 8. The van der Waals surface area contributed by atoms with Crippen molar-refractivity contribution >= 4 is 35.6 Å². The van der Waals surface area contributed by atoms with E-state index in [4.69, 9.17) is 9.47 Å². The largest absolute Gasteiger partial charge is 0.461 e. The Kier molecular flexibility index (Phi) is 8.28. The summed E-state index contributed by atoms with van der Waals surface area (Å²) < 4.78 is 11.4. The van der Waals surface area contributed by atoms with E-state index in [1.54, 1.807) is 6.20 Å². The zero-order valence-electron chi connectivity index (χ0n) is 23.4. The van der Waals surface area contributed by atoms with Crippen molar-refractivity contribution in [2.24, 2.45) is 0 Å². The van der Waals surface area contributed by atoms with E-state index in [0.717, 1.165) is 22.4 Å². The number of β-lactam (4-membered cyclic amide) rings is 1. The Labute approximate surface area is 253 Å². The molecule has 2 aliphatic rings. The van der Waals surface area contributed by atoms with Crippen molar-refractivity contribution in [3.8, 4) is 0 Å². The van der Waals surface area contributed by atoms with Gasteiger partial charge in [-0.05, 0) is 16.7 Å². The number of nitrogens with zero attached hydrogens (tertiary/aromatic N) is 2. The predicted molar refractivity (Wildman–Crippen MR) is 163 cm³/mol. The molecule has 218 valence electrons. The van der Waals surface area contributed by atoms with Gasteiger partial charge in [0, 0.05) is 30.4 Å². The molecule has 0 spiro atoms. The van der Waals surface area contributed by atoms with Crippen molar-refractivity contribution in [1.29, 1.82) is 0 Å². The number of anilines is 1. The number of carbonyl (C=O) groups is 3. The first kappa shape index (κ1) is 28.3. The molecule has 0 bridgehead atoms. The molecule has 0 saturated carbocycles. The van der Waals surface area contributed by atoms with Gasteiger partial charge in [0.05, 0.1) is 6.20 Å². The van der Waals surface area contributed by atoms with Gasteiger partial charge in [0.2, 0.25) is 5.95 Å². The van der Waals surface area contributed by atoms with Crippen molar-refractivity contribution in [3.05, 3.63) is 131 Å². The maximum absolute atomic E-state index is 13.9. The molecule has 3 aromatic carbocycles. The van der Waals surface area contributed by atoms with Gasteiger partial charge in [-0.25, -0.2) is 9.78 Å². The number of esters is 2. The summed E-state index contributed by atoms with van der Waals surface area (Å²) in [6.45, 7) is 1.20. The number of amides is 1. The van der Waals surface area contributed by atoms with Crippen molar-refractivity contribution in [2.45, 2.75) is 30.9 Å². The molecule has 1 saturated heterocycles. The molecule has 0 aliphatic carbocycles. The number of imidazole rings is 1. The number of H-pyrrole nitrogens is 1. The second kappa shape index (κ2) is 12.6.